The summed E-state index contributed by atoms with van der Waals surface area (Å²) < 4.78 is 5.87. The van der Waals surface area contributed by atoms with E-state index in [9.17, 15) is 0 Å². The minimum Gasteiger partial charge on any atom is -0.417 e. The highest BCUT2D eigenvalue weighted by Gasteiger charge is 2.27. The van der Waals surface area contributed by atoms with E-state index in [2.05, 4.69) is 63.4 Å². The van der Waals surface area contributed by atoms with Crippen LogP contribution in [-0.4, -0.2) is 14.9 Å². The largest absolute Gasteiger partial charge is 0.417 e. The maximum atomic E-state index is 5.87. The van der Waals surface area contributed by atoms with Crippen molar-refractivity contribution >= 4 is 14.4 Å². The predicted molar refractivity (Wildman–Crippen MR) is 74.0 cm³/mol. The number of hydrogen-bond acceptors (Lipinski definition) is 1. The Labute approximate surface area is 100 Å². The van der Waals surface area contributed by atoms with Gasteiger partial charge in [-0.1, -0.05) is 49.4 Å². The zero-order valence-electron chi connectivity index (χ0n) is 10.7. The molecular formula is C14H22OSi. The van der Waals surface area contributed by atoms with Gasteiger partial charge in [0.2, 0.25) is 0 Å². The molecule has 0 aliphatic heterocycles. The van der Waals surface area contributed by atoms with E-state index in [1.54, 1.807) is 0 Å². The summed E-state index contributed by atoms with van der Waals surface area (Å²) in [7, 11) is -1.55. The van der Waals surface area contributed by atoms with Crippen LogP contribution in [-0.2, 0) is 4.43 Å². The maximum absolute atomic E-state index is 5.87. The highest BCUT2D eigenvalue weighted by Crippen LogP contribution is 2.24. The fraction of sp³-hybridized carbons (Fsp3) is 0.429. The first-order valence-corrected chi connectivity index (χ1v) is 8.92. The van der Waals surface area contributed by atoms with Crippen molar-refractivity contribution in [1.29, 1.82) is 0 Å². The lowest BCUT2D eigenvalue weighted by atomic mass is 10.2. The van der Waals surface area contributed by atoms with Gasteiger partial charge in [-0.15, -0.1) is 0 Å². The lowest BCUT2D eigenvalue weighted by molar-refractivity contribution is 0.325. The average Bonchev–Trinajstić information content (AvgIpc) is 2.27. The van der Waals surface area contributed by atoms with E-state index in [4.69, 9.17) is 4.43 Å². The summed E-state index contributed by atoms with van der Waals surface area (Å²) in [5.74, 6) is 0. The van der Waals surface area contributed by atoms with Gasteiger partial charge in [0.1, 0.15) is 0 Å². The molecule has 0 spiro atoms. The van der Waals surface area contributed by atoms with Crippen LogP contribution in [0.4, 0.5) is 0 Å². The molecule has 2 heteroatoms. The first-order valence-electron chi connectivity index (χ1n) is 5.93. The molecule has 0 bridgehead atoms. The van der Waals surface area contributed by atoms with Crippen LogP contribution in [0.5, 0.6) is 0 Å². The number of hydrogen-bond donors (Lipinski definition) is 0. The first kappa shape index (κ1) is 13.2. The molecule has 1 aromatic rings. The molecule has 0 N–H and O–H groups in total. The Kier molecular flexibility index (Phi) is 4.96. The van der Waals surface area contributed by atoms with E-state index >= 15 is 0 Å². The molecule has 16 heavy (non-hydrogen) atoms. The van der Waals surface area contributed by atoms with Gasteiger partial charge in [0, 0.05) is 6.61 Å². The van der Waals surface area contributed by atoms with E-state index in [1.165, 1.54) is 5.56 Å². The lowest BCUT2D eigenvalue weighted by Gasteiger charge is -2.26. The van der Waals surface area contributed by atoms with Crippen molar-refractivity contribution in [3.8, 4) is 0 Å². The molecular weight excluding hydrogens is 212 g/mol. The quantitative estimate of drug-likeness (QED) is 0.689. The van der Waals surface area contributed by atoms with Crippen LogP contribution in [0, 0.1) is 0 Å². The number of benzene rings is 1. The normalized spacial score (nSPS) is 14.2. The molecule has 0 aliphatic carbocycles. The second kappa shape index (κ2) is 6.02. The number of allylic oxidation sites excluding steroid dienone is 1. The molecule has 0 saturated carbocycles. The second-order valence-electron chi connectivity index (χ2n) is 4.59. The topological polar surface area (TPSA) is 9.23 Å². The Bertz CT molecular complexity index is 330. The van der Waals surface area contributed by atoms with Crippen LogP contribution < -0.4 is 0 Å². The van der Waals surface area contributed by atoms with E-state index in [0.717, 1.165) is 6.61 Å². The van der Waals surface area contributed by atoms with E-state index in [0.29, 0.717) is 5.54 Å². The van der Waals surface area contributed by atoms with Gasteiger partial charge in [-0.3, -0.25) is 0 Å². The van der Waals surface area contributed by atoms with Gasteiger partial charge >= 0.3 is 0 Å². The van der Waals surface area contributed by atoms with Gasteiger partial charge in [0.05, 0.1) is 0 Å². The monoisotopic (exact) mass is 234 g/mol. The molecule has 1 rings (SSSR count). The summed E-state index contributed by atoms with van der Waals surface area (Å²) in [6, 6.07) is 10.4. The Hall–Kier alpha value is -0.863. The predicted octanol–water partition coefficient (Wildman–Crippen LogP) is 4.33. The molecule has 0 amide bonds. The van der Waals surface area contributed by atoms with Crippen LogP contribution in [0.15, 0.2) is 36.4 Å². The minimum absolute atomic E-state index is 0.535. The Morgan fingerprint density at radius 1 is 1.25 bits per heavy atom. The molecule has 0 fully saturated rings. The van der Waals surface area contributed by atoms with Gasteiger partial charge in [0.15, 0.2) is 8.32 Å². The molecule has 0 aromatic heterocycles. The molecule has 1 nitrogen and oxygen atoms in total. The molecule has 0 saturated heterocycles. The first-order chi connectivity index (χ1) is 7.56. The van der Waals surface area contributed by atoms with Crippen molar-refractivity contribution in [2.24, 2.45) is 0 Å². The van der Waals surface area contributed by atoms with Crippen molar-refractivity contribution in [3.05, 3.63) is 42.0 Å². The smallest absolute Gasteiger partial charge is 0.193 e. The van der Waals surface area contributed by atoms with Crippen LogP contribution >= 0.6 is 0 Å². The van der Waals surface area contributed by atoms with Crippen LogP contribution in [0.2, 0.25) is 18.6 Å². The molecule has 0 heterocycles. The van der Waals surface area contributed by atoms with Gasteiger partial charge in [-0.25, -0.2) is 0 Å². The lowest BCUT2D eigenvalue weighted by Crippen LogP contribution is -2.34. The summed E-state index contributed by atoms with van der Waals surface area (Å²) in [5, 5.41) is 0. The summed E-state index contributed by atoms with van der Waals surface area (Å²) in [4.78, 5) is 0. The third-order valence-electron chi connectivity index (χ3n) is 2.99. The summed E-state index contributed by atoms with van der Waals surface area (Å²) >= 11 is 0. The Morgan fingerprint density at radius 2 is 1.88 bits per heavy atom. The van der Waals surface area contributed by atoms with E-state index < -0.39 is 8.32 Å². The van der Waals surface area contributed by atoms with Gasteiger partial charge < -0.3 is 4.43 Å². The van der Waals surface area contributed by atoms with Gasteiger partial charge in [-0.2, -0.15) is 0 Å². The van der Waals surface area contributed by atoms with Crippen LogP contribution in [0.25, 0.3) is 6.08 Å². The minimum atomic E-state index is -1.55. The zero-order chi connectivity index (χ0) is 12.0. The van der Waals surface area contributed by atoms with Crippen molar-refractivity contribution < 1.29 is 4.43 Å². The third kappa shape index (κ3) is 3.95. The van der Waals surface area contributed by atoms with Crippen molar-refractivity contribution in [2.45, 2.75) is 32.5 Å². The van der Waals surface area contributed by atoms with Crippen molar-refractivity contribution in [3.63, 3.8) is 0 Å². The standard InChI is InChI=1S/C14H22OSi/c1-5-15-16(3,4)13(2)11-12-14-9-7-6-8-10-14/h6-13H,5H2,1-4H3. The molecule has 88 valence electrons. The molecule has 1 aromatic carbocycles. The fourth-order valence-corrected chi connectivity index (χ4v) is 3.12. The summed E-state index contributed by atoms with van der Waals surface area (Å²) in [5.41, 5.74) is 1.79. The van der Waals surface area contributed by atoms with Gasteiger partial charge in [0.25, 0.3) is 0 Å². The van der Waals surface area contributed by atoms with Crippen molar-refractivity contribution in [2.75, 3.05) is 6.61 Å². The fourth-order valence-electron chi connectivity index (χ4n) is 1.55. The van der Waals surface area contributed by atoms with Crippen LogP contribution in [0.1, 0.15) is 19.4 Å². The molecule has 1 atom stereocenters. The average molecular weight is 234 g/mol. The summed E-state index contributed by atoms with van der Waals surface area (Å²) in [6.07, 6.45) is 4.47. The highest BCUT2D eigenvalue weighted by molar-refractivity contribution is 6.73. The Morgan fingerprint density at radius 3 is 2.44 bits per heavy atom. The summed E-state index contributed by atoms with van der Waals surface area (Å²) in [6.45, 7) is 9.69. The second-order valence-corrected chi connectivity index (χ2v) is 9.00. The third-order valence-corrected chi connectivity index (χ3v) is 6.41. The highest BCUT2D eigenvalue weighted by atomic mass is 28.4. The van der Waals surface area contributed by atoms with E-state index in [1.807, 2.05) is 6.07 Å². The van der Waals surface area contributed by atoms with Crippen molar-refractivity contribution in [1.82, 2.24) is 0 Å². The van der Waals surface area contributed by atoms with E-state index in [-0.39, 0.29) is 0 Å². The zero-order valence-corrected chi connectivity index (χ0v) is 11.7. The molecule has 0 radical (unpaired) electrons. The maximum Gasteiger partial charge on any atom is 0.193 e. The van der Waals surface area contributed by atoms with Crippen LogP contribution in [0.3, 0.4) is 0 Å². The number of rotatable bonds is 5. The Balaban J connectivity index is 2.64. The molecule has 0 aliphatic rings. The van der Waals surface area contributed by atoms with Gasteiger partial charge in [-0.05, 0) is 31.1 Å². The molecule has 1 unspecified atom stereocenters. The SMILES string of the molecule is CCO[Si](C)(C)C(C)C=Cc1ccccc1.